The molecule has 1 aromatic rings. The van der Waals surface area contributed by atoms with Crippen molar-refractivity contribution < 1.29 is 14.3 Å². The van der Waals surface area contributed by atoms with Crippen molar-refractivity contribution in [2.24, 2.45) is 5.92 Å². The van der Waals surface area contributed by atoms with Crippen molar-refractivity contribution in [1.82, 2.24) is 0 Å². The van der Waals surface area contributed by atoms with Crippen LogP contribution >= 0.6 is 23.4 Å². The number of hydrogen-bond acceptors (Lipinski definition) is 4. The summed E-state index contributed by atoms with van der Waals surface area (Å²) in [6, 6.07) is 7.47. The Kier molecular flexibility index (Phi) is 3.68. The Morgan fingerprint density at radius 3 is 2.90 bits per heavy atom. The van der Waals surface area contributed by atoms with Gasteiger partial charge in [0.2, 0.25) is 0 Å². The Balaban J connectivity index is 2.01. The molecule has 0 N–H and O–H groups in total. The molecule has 1 heterocycles. The molecular weight excluding hydrogens is 296 g/mol. The van der Waals surface area contributed by atoms with Crippen molar-refractivity contribution in [2.75, 3.05) is 6.61 Å². The van der Waals surface area contributed by atoms with Gasteiger partial charge in [-0.05, 0) is 18.2 Å². The van der Waals surface area contributed by atoms with Crippen LogP contribution in [0.2, 0.25) is 0 Å². The van der Waals surface area contributed by atoms with Gasteiger partial charge in [0.1, 0.15) is 12.4 Å². The maximum Gasteiger partial charge on any atom is 0.173 e. The van der Waals surface area contributed by atoms with Crippen LogP contribution in [0.15, 0.2) is 52.1 Å². The van der Waals surface area contributed by atoms with Crippen molar-refractivity contribution in [1.29, 1.82) is 0 Å². The van der Waals surface area contributed by atoms with E-state index < -0.39 is 5.92 Å². The van der Waals surface area contributed by atoms with Gasteiger partial charge in [0.15, 0.2) is 12.1 Å². The summed E-state index contributed by atoms with van der Waals surface area (Å²) >= 11 is 7.76. The van der Waals surface area contributed by atoms with Crippen molar-refractivity contribution in [3.05, 3.63) is 52.8 Å². The molecule has 0 radical (unpaired) electrons. The Labute approximate surface area is 125 Å². The second kappa shape index (κ2) is 5.46. The molecule has 2 atom stereocenters. The van der Waals surface area contributed by atoms with Crippen molar-refractivity contribution >= 4 is 35.4 Å². The Bertz CT molecular complexity index is 636. The molecule has 1 aliphatic carbocycles. The zero-order chi connectivity index (χ0) is 14.1. The predicted molar refractivity (Wildman–Crippen MR) is 77.9 cm³/mol. The third-order valence-electron chi connectivity index (χ3n) is 3.29. The van der Waals surface area contributed by atoms with Crippen LogP contribution in [-0.2, 0) is 9.53 Å². The number of aldehydes is 1. The maximum atomic E-state index is 12.6. The monoisotopic (exact) mass is 306 g/mol. The van der Waals surface area contributed by atoms with Crippen LogP contribution in [-0.4, -0.2) is 23.9 Å². The number of ketones is 1. The minimum atomic E-state index is -0.428. The molecule has 20 heavy (non-hydrogen) atoms. The van der Waals surface area contributed by atoms with Crippen molar-refractivity contribution in [3.8, 4) is 0 Å². The highest BCUT2D eigenvalue weighted by Gasteiger charge is 2.42. The number of hydrogen-bond donors (Lipinski definition) is 0. The highest BCUT2D eigenvalue weighted by atomic mass is 35.5. The predicted octanol–water partition coefficient (Wildman–Crippen LogP) is 3.20. The van der Waals surface area contributed by atoms with E-state index >= 15 is 0 Å². The van der Waals surface area contributed by atoms with Crippen LogP contribution in [0.25, 0.3) is 0 Å². The minimum absolute atomic E-state index is 0.00547. The summed E-state index contributed by atoms with van der Waals surface area (Å²) in [5, 5.41) is 0.315. The van der Waals surface area contributed by atoms with E-state index in [1.165, 1.54) is 0 Å². The fraction of sp³-hybridized carbons (Fsp3) is 0.200. The largest absolute Gasteiger partial charge is 0.489 e. The van der Waals surface area contributed by atoms with Gasteiger partial charge >= 0.3 is 0 Å². The molecule has 1 aliphatic heterocycles. The Morgan fingerprint density at radius 2 is 2.10 bits per heavy atom. The first kappa shape index (κ1) is 13.5. The molecule has 0 saturated heterocycles. The van der Waals surface area contributed by atoms with Gasteiger partial charge < -0.3 is 4.74 Å². The lowest BCUT2D eigenvalue weighted by Crippen LogP contribution is -2.34. The van der Waals surface area contributed by atoms with Crippen molar-refractivity contribution in [2.45, 2.75) is 10.1 Å². The van der Waals surface area contributed by atoms with Gasteiger partial charge in [0, 0.05) is 15.5 Å². The van der Waals surface area contributed by atoms with Gasteiger partial charge in [-0.3, -0.25) is 9.59 Å². The zero-order valence-electron chi connectivity index (χ0n) is 10.4. The summed E-state index contributed by atoms with van der Waals surface area (Å²) in [6.07, 6.45) is 4.11. The van der Waals surface area contributed by atoms with E-state index in [1.54, 1.807) is 23.9 Å². The van der Waals surface area contributed by atoms with Crippen LogP contribution in [0.5, 0.6) is 0 Å². The number of rotatable bonds is 3. The normalized spacial score (nSPS) is 24.1. The molecule has 0 aromatic heterocycles. The van der Waals surface area contributed by atoms with Gasteiger partial charge in [-0.15, -0.1) is 11.8 Å². The SMILES string of the molecule is O=CCOC1=CC=C(Cl)C2C(=O)c3ccccc3SC12. The minimum Gasteiger partial charge on any atom is -0.489 e. The average molecular weight is 307 g/mol. The smallest absolute Gasteiger partial charge is 0.173 e. The molecule has 0 fully saturated rings. The summed E-state index contributed by atoms with van der Waals surface area (Å²) < 4.78 is 5.43. The van der Waals surface area contributed by atoms with E-state index in [2.05, 4.69) is 0 Å². The second-order valence-electron chi connectivity index (χ2n) is 4.47. The van der Waals surface area contributed by atoms with Crippen LogP contribution in [0.1, 0.15) is 10.4 Å². The average Bonchev–Trinajstić information content (AvgIpc) is 2.47. The van der Waals surface area contributed by atoms with E-state index in [0.717, 1.165) is 4.90 Å². The molecule has 102 valence electrons. The first-order valence-electron chi connectivity index (χ1n) is 6.16. The topological polar surface area (TPSA) is 43.4 Å². The molecule has 3 nitrogen and oxygen atoms in total. The third kappa shape index (κ3) is 2.19. The number of thioether (sulfide) groups is 1. The molecule has 0 bridgehead atoms. The summed E-state index contributed by atoms with van der Waals surface area (Å²) in [6.45, 7) is -0.0170. The first-order chi connectivity index (χ1) is 9.72. The standard InChI is InChI=1S/C15H11ClO3S/c16-10-5-6-11(19-8-7-17)15-13(10)14(18)9-3-1-2-4-12(9)20-15/h1-7,13,15H,8H2. The van der Waals surface area contributed by atoms with Crippen LogP contribution in [0.3, 0.4) is 0 Å². The van der Waals surface area contributed by atoms with E-state index in [0.29, 0.717) is 22.6 Å². The first-order valence-corrected chi connectivity index (χ1v) is 7.41. The number of ether oxygens (including phenoxy) is 1. The second-order valence-corrected chi connectivity index (χ2v) is 6.09. The maximum absolute atomic E-state index is 12.6. The highest BCUT2D eigenvalue weighted by Crippen LogP contribution is 2.47. The van der Waals surface area contributed by atoms with Gasteiger partial charge in [-0.1, -0.05) is 29.8 Å². The van der Waals surface area contributed by atoms with E-state index in [9.17, 15) is 9.59 Å². The van der Waals surface area contributed by atoms with Gasteiger partial charge in [-0.25, -0.2) is 0 Å². The number of carbonyl (C=O) groups is 2. The summed E-state index contributed by atoms with van der Waals surface area (Å²) in [7, 11) is 0. The zero-order valence-corrected chi connectivity index (χ0v) is 12.0. The Morgan fingerprint density at radius 1 is 1.30 bits per heavy atom. The quantitative estimate of drug-likeness (QED) is 0.804. The lowest BCUT2D eigenvalue weighted by atomic mass is 9.89. The summed E-state index contributed by atoms with van der Waals surface area (Å²) in [4.78, 5) is 24.0. The molecule has 1 aromatic carbocycles. The van der Waals surface area contributed by atoms with Gasteiger partial charge in [-0.2, -0.15) is 0 Å². The highest BCUT2D eigenvalue weighted by molar-refractivity contribution is 8.00. The molecule has 0 amide bonds. The number of carbonyl (C=O) groups excluding carboxylic acids is 2. The van der Waals surface area contributed by atoms with Gasteiger partial charge in [0.05, 0.1) is 11.2 Å². The van der Waals surface area contributed by atoms with Crippen LogP contribution < -0.4 is 0 Å². The van der Waals surface area contributed by atoms with Crippen molar-refractivity contribution in [3.63, 3.8) is 0 Å². The lowest BCUT2D eigenvalue weighted by Gasteiger charge is -2.34. The molecular formula is C15H11ClO3S. The Hall–Kier alpha value is -1.52. The third-order valence-corrected chi connectivity index (χ3v) is 5.02. The number of benzene rings is 1. The number of halogens is 1. The summed E-state index contributed by atoms with van der Waals surface area (Å²) in [5.41, 5.74) is 0.696. The fourth-order valence-electron chi connectivity index (χ4n) is 2.40. The number of fused-ring (bicyclic) bond motifs is 2. The molecule has 0 saturated carbocycles. The molecule has 0 spiro atoms. The molecule has 5 heteroatoms. The number of Topliss-reactive ketones (excluding diaryl/α,β-unsaturated/α-hetero) is 1. The van der Waals surface area contributed by atoms with E-state index in [-0.39, 0.29) is 17.6 Å². The van der Waals surface area contributed by atoms with Crippen LogP contribution in [0, 0.1) is 5.92 Å². The van der Waals surface area contributed by atoms with E-state index in [1.807, 2.05) is 24.3 Å². The van der Waals surface area contributed by atoms with E-state index in [4.69, 9.17) is 16.3 Å². The van der Waals surface area contributed by atoms with Gasteiger partial charge in [0.25, 0.3) is 0 Å². The van der Waals surface area contributed by atoms with Crippen LogP contribution in [0.4, 0.5) is 0 Å². The fourth-order valence-corrected chi connectivity index (χ4v) is 4.15. The molecule has 3 rings (SSSR count). The molecule has 2 aliphatic rings. The molecule has 2 unspecified atom stereocenters. The lowest BCUT2D eigenvalue weighted by molar-refractivity contribution is -0.110. The number of allylic oxidation sites excluding steroid dienone is 3. The summed E-state index contributed by atoms with van der Waals surface area (Å²) in [5.74, 6) is 0.202.